The fourth-order valence-corrected chi connectivity index (χ4v) is 1.76. The van der Waals surface area contributed by atoms with Crippen LogP contribution in [0.2, 0.25) is 0 Å². The summed E-state index contributed by atoms with van der Waals surface area (Å²) in [5.74, 6) is -2.19. The van der Waals surface area contributed by atoms with Crippen molar-refractivity contribution < 1.29 is 24.6 Å². The minimum absolute atomic E-state index is 0. The van der Waals surface area contributed by atoms with Gasteiger partial charge in [0.25, 0.3) is 0 Å². The summed E-state index contributed by atoms with van der Waals surface area (Å²) in [4.78, 5) is 32.8. The molecule has 118 valence electrons. The second-order valence-corrected chi connectivity index (χ2v) is 4.70. The molecule has 21 heavy (non-hydrogen) atoms. The first kappa shape index (κ1) is 23.3. The van der Waals surface area contributed by atoms with Gasteiger partial charge in [-0.1, -0.05) is 6.42 Å². The van der Waals surface area contributed by atoms with E-state index in [-0.39, 0.29) is 70.1 Å². The van der Waals surface area contributed by atoms with E-state index in [9.17, 15) is 14.4 Å². The molecule has 0 aliphatic heterocycles. The van der Waals surface area contributed by atoms with E-state index in [2.05, 4.69) is 5.32 Å². The number of hydrogen-bond donors (Lipinski definition) is 4. The zero-order valence-electron chi connectivity index (χ0n) is 11.6. The van der Waals surface area contributed by atoms with Gasteiger partial charge in [0.15, 0.2) is 0 Å². The number of carboxylic acid groups (broad SMARTS) is 2. The molecule has 1 amide bonds. The Bertz CT molecular complexity index is 326. The molecule has 0 heterocycles. The average molecular weight is 328 g/mol. The molecule has 8 heteroatoms. The van der Waals surface area contributed by atoms with Crippen LogP contribution in [-0.4, -0.2) is 92.0 Å². The van der Waals surface area contributed by atoms with Gasteiger partial charge in [-0.15, -0.1) is 0 Å². The SMILES string of the molecule is NCCCC[C@H](NC(=O)CCCCCC(=O)O)C(=O)O.[KH]. The van der Waals surface area contributed by atoms with E-state index < -0.39 is 18.0 Å². The fraction of sp³-hybridized carbons (Fsp3) is 0.769. The zero-order chi connectivity index (χ0) is 15.4. The van der Waals surface area contributed by atoms with Crippen LogP contribution in [-0.2, 0) is 14.4 Å². The van der Waals surface area contributed by atoms with Gasteiger partial charge in [-0.05, 0) is 38.6 Å². The van der Waals surface area contributed by atoms with Crippen molar-refractivity contribution in [2.75, 3.05) is 6.54 Å². The second kappa shape index (κ2) is 14.9. The quantitative estimate of drug-likeness (QED) is 0.296. The Balaban J connectivity index is 0. The maximum atomic E-state index is 11.6. The van der Waals surface area contributed by atoms with Gasteiger partial charge in [0, 0.05) is 12.8 Å². The summed E-state index contributed by atoms with van der Waals surface area (Å²) in [5.41, 5.74) is 5.33. The molecular formula is C13H25KN2O5. The molecule has 0 bridgehead atoms. The number of carbonyl (C=O) groups is 3. The number of nitrogens with one attached hydrogen (secondary N) is 1. The third kappa shape index (κ3) is 14.7. The molecule has 0 aliphatic carbocycles. The minimum atomic E-state index is -1.04. The Labute approximate surface area is 167 Å². The van der Waals surface area contributed by atoms with Gasteiger partial charge in [-0.2, -0.15) is 0 Å². The van der Waals surface area contributed by atoms with Crippen molar-refractivity contribution in [1.82, 2.24) is 5.32 Å². The summed E-state index contributed by atoms with van der Waals surface area (Å²) >= 11 is 0. The third-order valence-electron chi connectivity index (χ3n) is 2.87. The van der Waals surface area contributed by atoms with Crippen LogP contribution in [0.25, 0.3) is 0 Å². The number of carbonyl (C=O) groups excluding carboxylic acids is 1. The molecule has 0 fully saturated rings. The molecule has 0 spiro atoms. The summed E-state index contributed by atoms with van der Waals surface area (Å²) in [6.07, 6.45) is 3.82. The van der Waals surface area contributed by atoms with Crippen molar-refractivity contribution in [3.63, 3.8) is 0 Å². The number of amides is 1. The Kier molecular flexibility index (Phi) is 16.5. The second-order valence-electron chi connectivity index (χ2n) is 4.70. The van der Waals surface area contributed by atoms with Crippen LogP contribution >= 0.6 is 0 Å². The maximum absolute atomic E-state index is 11.6. The predicted molar refractivity (Wildman–Crippen MR) is 80.3 cm³/mol. The topological polar surface area (TPSA) is 130 Å². The Morgan fingerprint density at radius 2 is 1.57 bits per heavy atom. The van der Waals surface area contributed by atoms with Crippen molar-refractivity contribution in [3.05, 3.63) is 0 Å². The molecule has 0 saturated heterocycles. The van der Waals surface area contributed by atoms with Crippen molar-refractivity contribution in [1.29, 1.82) is 0 Å². The standard InChI is InChI=1S/C13H24N2O5.K.H/c14-9-5-4-6-10(13(19)20)15-11(16)7-2-1-3-8-12(17)18;;/h10H,1-9,14H2,(H,15,16)(H,17,18)(H,19,20);;/t10-;;/m0../s1. The number of unbranched alkanes of at least 4 members (excludes halogenated alkanes) is 3. The third-order valence-corrected chi connectivity index (χ3v) is 2.87. The molecule has 0 radical (unpaired) electrons. The van der Waals surface area contributed by atoms with Crippen LogP contribution < -0.4 is 11.1 Å². The van der Waals surface area contributed by atoms with E-state index in [0.29, 0.717) is 38.6 Å². The van der Waals surface area contributed by atoms with Crippen LogP contribution in [0.1, 0.15) is 51.4 Å². The molecular weight excluding hydrogens is 303 g/mol. The number of nitrogens with two attached hydrogens (primary N) is 1. The van der Waals surface area contributed by atoms with Crippen molar-refractivity contribution in [2.24, 2.45) is 5.73 Å². The first-order chi connectivity index (χ1) is 9.47. The number of aliphatic carboxylic acids is 2. The average Bonchev–Trinajstić information content (AvgIpc) is 2.36. The van der Waals surface area contributed by atoms with Crippen molar-refractivity contribution >= 4 is 69.2 Å². The van der Waals surface area contributed by atoms with Crippen LogP contribution in [0.4, 0.5) is 0 Å². The molecule has 0 unspecified atom stereocenters. The van der Waals surface area contributed by atoms with Crippen LogP contribution in [0, 0.1) is 0 Å². The summed E-state index contributed by atoms with van der Waals surface area (Å²) < 4.78 is 0. The molecule has 0 aliphatic rings. The first-order valence-corrected chi connectivity index (χ1v) is 6.91. The molecule has 0 aromatic carbocycles. The fourth-order valence-electron chi connectivity index (χ4n) is 1.76. The van der Waals surface area contributed by atoms with Gasteiger partial charge in [0.2, 0.25) is 5.91 Å². The van der Waals surface area contributed by atoms with E-state index in [1.165, 1.54) is 0 Å². The zero-order valence-corrected chi connectivity index (χ0v) is 11.6. The summed E-state index contributed by atoms with van der Waals surface area (Å²) in [6, 6.07) is -0.868. The van der Waals surface area contributed by atoms with Crippen molar-refractivity contribution in [3.8, 4) is 0 Å². The van der Waals surface area contributed by atoms with Gasteiger partial charge in [-0.3, -0.25) is 9.59 Å². The number of rotatable bonds is 12. The summed E-state index contributed by atoms with van der Waals surface area (Å²) in [7, 11) is 0. The normalized spacial score (nSPS) is 11.3. The van der Waals surface area contributed by atoms with Gasteiger partial charge in [-0.25, -0.2) is 4.79 Å². The van der Waals surface area contributed by atoms with Crippen LogP contribution in [0.15, 0.2) is 0 Å². The molecule has 7 nitrogen and oxygen atoms in total. The Morgan fingerprint density at radius 1 is 0.952 bits per heavy atom. The van der Waals surface area contributed by atoms with Crippen LogP contribution in [0.3, 0.4) is 0 Å². The van der Waals surface area contributed by atoms with E-state index in [1.54, 1.807) is 0 Å². The van der Waals surface area contributed by atoms with E-state index in [0.717, 1.165) is 6.42 Å². The molecule has 0 aromatic heterocycles. The van der Waals surface area contributed by atoms with E-state index in [4.69, 9.17) is 15.9 Å². The molecule has 1 atom stereocenters. The Hall–Kier alpha value is 0.00636. The molecule has 5 N–H and O–H groups in total. The van der Waals surface area contributed by atoms with Gasteiger partial charge in [0.1, 0.15) is 6.04 Å². The van der Waals surface area contributed by atoms with Gasteiger partial charge < -0.3 is 21.3 Å². The van der Waals surface area contributed by atoms with E-state index in [1.807, 2.05) is 0 Å². The molecule has 0 rings (SSSR count). The molecule has 0 aromatic rings. The van der Waals surface area contributed by atoms with Gasteiger partial charge in [0.05, 0.1) is 0 Å². The van der Waals surface area contributed by atoms with Crippen LogP contribution in [0.5, 0.6) is 0 Å². The van der Waals surface area contributed by atoms with E-state index >= 15 is 0 Å². The summed E-state index contributed by atoms with van der Waals surface area (Å²) in [6.45, 7) is 0.504. The number of carboxylic acids is 2. The van der Waals surface area contributed by atoms with Crippen molar-refractivity contribution in [2.45, 2.75) is 57.4 Å². The molecule has 0 saturated carbocycles. The first-order valence-electron chi connectivity index (χ1n) is 6.91. The van der Waals surface area contributed by atoms with Gasteiger partial charge >= 0.3 is 63.3 Å². The monoisotopic (exact) mass is 328 g/mol. The summed E-state index contributed by atoms with van der Waals surface area (Å²) in [5, 5.41) is 19.9. The predicted octanol–water partition coefficient (Wildman–Crippen LogP) is 0.0714. The Morgan fingerprint density at radius 3 is 2.10 bits per heavy atom. The number of hydrogen-bond acceptors (Lipinski definition) is 4.